The molecule has 0 atom stereocenters. The molecular formula is C10H10F3NO. The molecule has 0 bridgehead atoms. The number of alkyl halides is 3. The third-order valence-corrected chi connectivity index (χ3v) is 1.69. The van der Waals surface area contributed by atoms with Crippen LogP contribution in [0.15, 0.2) is 24.8 Å². The van der Waals surface area contributed by atoms with E-state index >= 15 is 0 Å². The van der Waals surface area contributed by atoms with E-state index in [0.29, 0.717) is 11.3 Å². The van der Waals surface area contributed by atoms with Crippen molar-refractivity contribution in [3.05, 3.63) is 30.3 Å². The molecule has 5 heteroatoms. The van der Waals surface area contributed by atoms with Gasteiger partial charge in [-0.3, -0.25) is 0 Å². The molecule has 0 unspecified atom stereocenters. The van der Waals surface area contributed by atoms with Crippen LogP contribution in [-0.4, -0.2) is 6.36 Å². The Kier molecular flexibility index (Phi) is 2.93. The van der Waals surface area contributed by atoms with Gasteiger partial charge in [0, 0.05) is 11.3 Å². The summed E-state index contributed by atoms with van der Waals surface area (Å²) in [5.41, 5.74) is 6.53. The van der Waals surface area contributed by atoms with Crippen LogP contribution in [0, 0.1) is 0 Å². The lowest BCUT2D eigenvalue weighted by molar-refractivity contribution is -0.274. The number of hydrogen-bond donors (Lipinski definition) is 1. The van der Waals surface area contributed by atoms with Gasteiger partial charge in [-0.25, -0.2) is 0 Å². The monoisotopic (exact) mass is 217 g/mol. The Hall–Kier alpha value is -1.65. The standard InChI is InChI=1S/C10H10F3NO/c1-6(2)8-5-7(14)3-4-9(8)15-10(11,12)13/h3-5H,1,14H2,2H3. The van der Waals surface area contributed by atoms with Crippen LogP contribution in [0.1, 0.15) is 12.5 Å². The summed E-state index contributed by atoms with van der Waals surface area (Å²) in [5, 5.41) is 0. The zero-order chi connectivity index (χ0) is 11.6. The first kappa shape index (κ1) is 11.4. The molecule has 0 saturated carbocycles. The Morgan fingerprint density at radius 2 is 2.00 bits per heavy atom. The highest BCUT2D eigenvalue weighted by atomic mass is 19.4. The van der Waals surface area contributed by atoms with Gasteiger partial charge in [-0.05, 0) is 30.7 Å². The fraction of sp³-hybridized carbons (Fsp3) is 0.200. The Bertz CT molecular complexity index is 385. The molecule has 0 radical (unpaired) electrons. The molecule has 0 spiro atoms. The maximum Gasteiger partial charge on any atom is 0.573 e. The minimum Gasteiger partial charge on any atom is -0.405 e. The third-order valence-electron chi connectivity index (χ3n) is 1.69. The van der Waals surface area contributed by atoms with Gasteiger partial charge in [-0.2, -0.15) is 0 Å². The summed E-state index contributed by atoms with van der Waals surface area (Å²) in [6.45, 7) is 5.14. The largest absolute Gasteiger partial charge is 0.573 e. The van der Waals surface area contributed by atoms with E-state index in [4.69, 9.17) is 5.73 Å². The van der Waals surface area contributed by atoms with Crippen molar-refractivity contribution >= 4 is 11.3 Å². The molecule has 0 saturated heterocycles. The Morgan fingerprint density at radius 3 is 2.47 bits per heavy atom. The van der Waals surface area contributed by atoms with Crippen molar-refractivity contribution in [2.45, 2.75) is 13.3 Å². The lowest BCUT2D eigenvalue weighted by Gasteiger charge is -2.13. The molecule has 1 aromatic rings. The molecule has 1 rings (SSSR count). The van der Waals surface area contributed by atoms with E-state index in [1.54, 1.807) is 6.92 Å². The fourth-order valence-electron chi connectivity index (χ4n) is 1.09. The summed E-state index contributed by atoms with van der Waals surface area (Å²) in [5.74, 6) is -0.288. The molecule has 1 aromatic carbocycles. The average molecular weight is 217 g/mol. The van der Waals surface area contributed by atoms with Gasteiger partial charge in [0.1, 0.15) is 5.75 Å². The molecule has 82 valence electrons. The summed E-state index contributed by atoms with van der Waals surface area (Å²) in [6.07, 6.45) is -4.71. The van der Waals surface area contributed by atoms with Crippen LogP contribution in [0.3, 0.4) is 0 Å². The summed E-state index contributed by atoms with van der Waals surface area (Å²) in [6, 6.07) is 3.91. The number of benzene rings is 1. The number of nitrogens with two attached hydrogens (primary N) is 1. The molecule has 0 aromatic heterocycles. The number of rotatable bonds is 2. The SMILES string of the molecule is C=C(C)c1cc(N)ccc1OC(F)(F)F. The van der Waals surface area contributed by atoms with Crippen molar-refractivity contribution in [1.29, 1.82) is 0 Å². The van der Waals surface area contributed by atoms with E-state index < -0.39 is 6.36 Å². The van der Waals surface area contributed by atoms with Crippen molar-refractivity contribution in [2.24, 2.45) is 0 Å². The summed E-state index contributed by atoms with van der Waals surface area (Å²) >= 11 is 0. The molecule has 0 amide bonds. The first-order chi connectivity index (χ1) is 6.79. The number of nitrogen functional groups attached to an aromatic ring is 1. The molecule has 0 aliphatic carbocycles. The van der Waals surface area contributed by atoms with E-state index in [2.05, 4.69) is 11.3 Å². The molecule has 2 N–H and O–H groups in total. The normalized spacial score (nSPS) is 11.2. The quantitative estimate of drug-likeness (QED) is 0.772. The van der Waals surface area contributed by atoms with Gasteiger partial charge >= 0.3 is 6.36 Å². The first-order valence-corrected chi connectivity index (χ1v) is 4.11. The van der Waals surface area contributed by atoms with Crippen LogP contribution in [0.5, 0.6) is 5.75 Å². The van der Waals surface area contributed by atoms with Crippen LogP contribution in [0.4, 0.5) is 18.9 Å². The van der Waals surface area contributed by atoms with Gasteiger partial charge in [0.05, 0.1) is 0 Å². The van der Waals surface area contributed by atoms with Gasteiger partial charge < -0.3 is 10.5 Å². The summed E-state index contributed by atoms with van der Waals surface area (Å²) in [4.78, 5) is 0. The minimum absolute atomic E-state index is 0.257. The van der Waals surface area contributed by atoms with E-state index in [9.17, 15) is 13.2 Å². The number of anilines is 1. The second-order valence-corrected chi connectivity index (χ2v) is 3.08. The van der Waals surface area contributed by atoms with Gasteiger partial charge in [0.2, 0.25) is 0 Å². The second-order valence-electron chi connectivity index (χ2n) is 3.08. The summed E-state index contributed by atoms with van der Waals surface area (Å²) in [7, 11) is 0. The van der Waals surface area contributed by atoms with E-state index in [1.807, 2.05) is 0 Å². The third kappa shape index (κ3) is 3.19. The number of ether oxygens (including phenoxy) is 1. The van der Waals surface area contributed by atoms with Crippen LogP contribution in [0.25, 0.3) is 5.57 Å². The highest BCUT2D eigenvalue weighted by Crippen LogP contribution is 2.31. The molecule has 0 fully saturated rings. The predicted octanol–water partition coefficient (Wildman–Crippen LogP) is 3.20. The Balaban J connectivity index is 3.12. The number of halogens is 3. The highest BCUT2D eigenvalue weighted by molar-refractivity contribution is 5.70. The van der Waals surface area contributed by atoms with Crippen molar-refractivity contribution in [3.8, 4) is 5.75 Å². The molecule has 15 heavy (non-hydrogen) atoms. The minimum atomic E-state index is -4.71. The van der Waals surface area contributed by atoms with Crippen LogP contribution in [0.2, 0.25) is 0 Å². The topological polar surface area (TPSA) is 35.2 Å². The van der Waals surface area contributed by atoms with Gasteiger partial charge in [0.25, 0.3) is 0 Å². The molecule has 0 heterocycles. The number of allylic oxidation sites excluding steroid dienone is 1. The van der Waals surface area contributed by atoms with Gasteiger partial charge in [-0.15, -0.1) is 13.2 Å². The molecule has 0 aliphatic rings. The van der Waals surface area contributed by atoms with Gasteiger partial charge in [0.15, 0.2) is 0 Å². The zero-order valence-electron chi connectivity index (χ0n) is 8.06. The lowest BCUT2D eigenvalue weighted by Crippen LogP contribution is -2.18. The van der Waals surface area contributed by atoms with Crippen molar-refractivity contribution in [3.63, 3.8) is 0 Å². The maximum absolute atomic E-state index is 12.0. The maximum atomic E-state index is 12.0. The fourth-order valence-corrected chi connectivity index (χ4v) is 1.09. The van der Waals surface area contributed by atoms with E-state index in [1.165, 1.54) is 18.2 Å². The predicted molar refractivity (Wildman–Crippen MR) is 52.2 cm³/mol. The zero-order valence-corrected chi connectivity index (χ0v) is 8.06. The number of hydrogen-bond acceptors (Lipinski definition) is 2. The van der Waals surface area contributed by atoms with Crippen LogP contribution in [-0.2, 0) is 0 Å². The van der Waals surface area contributed by atoms with Crippen LogP contribution >= 0.6 is 0 Å². The Labute approximate surface area is 85.2 Å². The molecule has 2 nitrogen and oxygen atoms in total. The van der Waals surface area contributed by atoms with Gasteiger partial charge in [-0.1, -0.05) is 6.58 Å². The summed E-state index contributed by atoms with van der Waals surface area (Å²) < 4.78 is 39.8. The van der Waals surface area contributed by atoms with E-state index in [0.717, 1.165) is 0 Å². The first-order valence-electron chi connectivity index (χ1n) is 4.11. The molecule has 0 aliphatic heterocycles. The Morgan fingerprint density at radius 1 is 1.40 bits per heavy atom. The van der Waals surface area contributed by atoms with Crippen LogP contribution < -0.4 is 10.5 Å². The van der Waals surface area contributed by atoms with Crippen molar-refractivity contribution in [2.75, 3.05) is 5.73 Å². The average Bonchev–Trinajstić information content (AvgIpc) is 2.05. The van der Waals surface area contributed by atoms with Crippen molar-refractivity contribution < 1.29 is 17.9 Å². The molecular weight excluding hydrogens is 207 g/mol. The smallest absolute Gasteiger partial charge is 0.405 e. The lowest BCUT2D eigenvalue weighted by atomic mass is 10.1. The second kappa shape index (κ2) is 3.84. The van der Waals surface area contributed by atoms with E-state index in [-0.39, 0.29) is 11.3 Å². The highest BCUT2D eigenvalue weighted by Gasteiger charge is 2.32. The van der Waals surface area contributed by atoms with Crippen molar-refractivity contribution in [1.82, 2.24) is 0 Å².